The van der Waals surface area contributed by atoms with Crippen LogP contribution in [-0.4, -0.2) is 56.4 Å². The minimum absolute atomic E-state index is 0. The maximum absolute atomic E-state index is 4.14. The quantitative estimate of drug-likeness (QED) is 0.556. The Bertz CT molecular complexity index is 288. The summed E-state index contributed by atoms with van der Waals surface area (Å²) in [4.78, 5) is 4.14. The van der Waals surface area contributed by atoms with Crippen molar-refractivity contribution in [3.63, 3.8) is 0 Å². The topological polar surface area (TPSA) is 12.9 Å². The van der Waals surface area contributed by atoms with Gasteiger partial charge in [0, 0.05) is 51.4 Å². The summed E-state index contributed by atoms with van der Waals surface area (Å²) in [6.45, 7) is 0. The minimum atomic E-state index is 0. The van der Waals surface area contributed by atoms with Crippen molar-refractivity contribution in [1.82, 2.24) is 4.98 Å². The van der Waals surface area contributed by atoms with Gasteiger partial charge < -0.3 is 0 Å². The Morgan fingerprint density at radius 2 is 2.00 bits per heavy atom. The summed E-state index contributed by atoms with van der Waals surface area (Å²) in [5.41, 5.74) is 2.97. The fourth-order valence-corrected chi connectivity index (χ4v) is 1.48. The second kappa shape index (κ2) is 3.95. The van der Waals surface area contributed by atoms with Gasteiger partial charge in [0.15, 0.2) is 0 Å². The maximum atomic E-state index is 4.14. The Morgan fingerprint density at radius 3 is 2.80 bits per heavy atom. The van der Waals surface area contributed by atoms with Crippen LogP contribution in [0.2, 0.25) is 0 Å². The standard InChI is InChI=1S/C7H5NS.K/c1-2-4-7-6(3-1)8-5-9-7;/h1-5H;. The fraction of sp³-hybridized carbons (Fsp3) is 0. The van der Waals surface area contributed by atoms with Gasteiger partial charge in [-0.25, -0.2) is 4.98 Å². The molecule has 0 aliphatic heterocycles. The van der Waals surface area contributed by atoms with Crippen LogP contribution in [0.3, 0.4) is 0 Å². The number of benzene rings is 1. The van der Waals surface area contributed by atoms with E-state index in [-0.39, 0.29) is 51.4 Å². The molecule has 3 heteroatoms. The first kappa shape index (κ1) is 8.84. The maximum Gasteiger partial charge on any atom is 0.0812 e. The van der Waals surface area contributed by atoms with Gasteiger partial charge in [-0.15, -0.1) is 11.3 Å². The summed E-state index contributed by atoms with van der Waals surface area (Å²) >= 11 is 1.68. The molecule has 0 amide bonds. The van der Waals surface area contributed by atoms with Crippen molar-refractivity contribution in [2.24, 2.45) is 0 Å². The predicted molar refractivity (Wildman–Crippen MR) is 45.4 cm³/mol. The molecule has 1 heterocycles. The van der Waals surface area contributed by atoms with Crippen molar-refractivity contribution in [3.05, 3.63) is 29.8 Å². The molecule has 0 spiro atoms. The van der Waals surface area contributed by atoms with Gasteiger partial charge in [-0.1, -0.05) is 12.1 Å². The average molecular weight is 174 g/mol. The van der Waals surface area contributed by atoms with Gasteiger partial charge in [-0.2, -0.15) is 0 Å². The van der Waals surface area contributed by atoms with Gasteiger partial charge in [0.2, 0.25) is 0 Å². The molecule has 10 heavy (non-hydrogen) atoms. The zero-order valence-electron chi connectivity index (χ0n) is 5.74. The molecule has 1 radical (unpaired) electrons. The number of aromatic nitrogens is 1. The molecule has 0 saturated heterocycles. The number of thiazole rings is 1. The molecular weight excluding hydrogens is 169 g/mol. The summed E-state index contributed by atoms with van der Waals surface area (Å²) in [5.74, 6) is 0. The summed E-state index contributed by atoms with van der Waals surface area (Å²) in [6, 6.07) is 8.13. The SMILES string of the molecule is [K].c1ccc2scnc2c1. The predicted octanol–water partition coefficient (Wildman–Crippen LogP) is 1.92. The van der Waals surface area contributed by atoms with E-state index in [0.29, 0.717) is 0 Å². The Kier molecular flexibility index (Phi) is 3.49. The first-order valence-corrected chi connectivity index (χ1v) is 3.63. The van der Waals surface area contributed by atoms with Crippen LogP contribution < -0.4 is 0 Å². The van der Waals surface area contributed by atoms with Gasteiger partial charge >= 0.3 is 0 Å². The van der Waals surface area contributed by atoms with E-state index in [1.54, 1.807) is 11.3 Å². The molecule has 0 aliphatic rings. The zero-order chi connectivity index (χ0) is 6.10. The number of fused-ring (bicyclic) bond motifs is 1. The zero-order valence-corrected chi connectivity index (χ0v) is 9.68. The average Bonchev–Trinajstić information content (AvgIpc) is 2.33. The summed E-state index contributed by atoms with van der Waals surface area (Å²) < 4.78 is 1.26. The van der Waals surface area contributed by atoms with Crippen LogP contribution in [0.25, 0.3) is 10.2 Å². The molecule has 0 aliphatic carbocycles. The van der Waals surface area contributed by atoms with Crippen molar-refractivity contribution in [3.8, 4) is 0 Å². The Labute approximate surface area is 106 Å². The molecule has 0 unspecified atom stereocenters. The van der Waals surface area contributed by atoms with Gasteiger partial charge in [0.1, 0.15) is 0 Å². The number of nitrogens with zero attached hydrogens (tertiary/aromatic N) is 1. The van der Waals surface area contributed by atoms with Crippen molar-refractivity contribution < 1.29 is 0 Å². The third-order valence-electron chi connectivity index (χ3n) is 1.24. The van der Waals surface area contributed by atoms with Crippen LogP contribution >= 0.6 is 11.3 Å². The Hall–Kier alpha value is 0.746. The minimum Gasteiger partial charge on any atom is -0.245 e. The molecule has 0 N–H and O–H groups in total. The van der Waals surface area contributed by atoms with Crippen molar-refractivity contribution in [1.29, 1.82) is 0 Å². The first-order valence-electron chi connectivity index (χ1n) is 2.75. The molecule has 1 nitrogen and oxygen atoms in total. The molecule has 1 aromatic heterocycles. The Balaban J connectivity index is 0.000000500. The van der Waals surface area contributed by atoms with Crippen LogP contribution in [0.4, 0.5) is 0 Å². The molecular formula is C7H5KNS. The smallest absolute Gasteiger partial charge is 0.0812 e. The third-order valence-corrected chi connectivity index (χ3v) is 2.05. The van der Waals surface area contributed by atoms with Crippen LogP contribution in [-0.2, 0) is 0 Å². The van der Waals surface area contributed by atoms with Gasteiger partial charge in [0.05, 0.1) is 15.7 Å². The second-order valence-electron chi connectivity index (χ2n) is 1.82. The van der Waals surface area contributed by atoms with E-state index < -0.39 is 0 Å². The Morgan fingerprint density at radius 1 is 1.20 bits per heavy atom. The molecule has 45 valence electrons. The fourth-order valence-electron chi connectivity index (χ4n) is 0.803. The monoisotopic (exact) mass is 174 g/mol. The molecule has 1 aromatic carbocycles. The molecule has 2 rings (SSSR count). The second-order valence-corrected chi connectivity index (χ2v) is 2.71. The number of rotatable bonds is 0. The van der Waals surface area contributed by atoms with Crippen LogP contribution in [0.5, 0.6) is 0 Å². The normalized spacial score (nSPS) is 9.20. The third kappa shape index (κ3) is 1.67. The summed E-state index contributed by atoms with van der Waals surface area (Å²) in [6.07, 6.45) is 0. The van der Waals surface area contributed by atoms with Crippen molar-refractivity contribution in [2.75, 3.05) is 0 Å². The van der Waals surface area contributed by atoms with E-state index in [0.717, 1.165) is 5.52 Å². The summed E-state index contributed by atoms with van der Waals surface area (Å²) in [7, 11) is 0. The summed E-state index contributed by atoms with van der Waals surface area (Å²) in [5, 5.41) is 0. The van der Waals surface area contributed by atoms with E-state index in [2.05, 4.69) is 11.1 Å². The molecule has 0 bridgehead atoms. The van der Waals surface area contributed by atoms with E-state index in [9.17, 15) is 0 Å². The van der Waals surface area contributed by atoms with Gasteiger partial charge in [-0.3, -0.25) is 0 Å². The molecule has 0 fully saturated rings. The van der Waals surface area contributed by atoms with Crippen molar-refractivity contribution in [2.45, 2.75) is 0 Å². The molecule has 0 atom stereocenters. The largest absolute Gasteiger partial charge is 0.245 e. The number of para-hydroxylation sites is 1. The molecule has 2 aromatic rings. The van der Waals surface area contributed by atoms with Crippen LogP contribution in [0.15, 0.2) is 29.8 Å². The van der Waals surface area contributed by atoms with Gasteiger partial charge in [-0.05, 0) is 12.1 Å². The van der Waals surface area contributed by atoms with E-state index in [1.165, 1.54) is 4.70 Å². The van der Waals surface area contributed by atoms with E-state index >= 15 is 0 Å². The van der Waals surface area contributed by atoms with E-state index in [4.69, 9.17) is 0 Å². The molecule has 0 saturated carbocycles. The number of hydrogen-bond donors (Lipinski definition) is 0. The van der Waals surface area contributed by atoms with Crippen molar-refractivity contribution >= 4 is 72.9 Å². The number of hydrogen-bond acceptors (Lipinski definition) is 2. The van der Waals surface area contributed by atoms with E-state index in [1.807, 2.05) is 23.7 Å². The van der Waals surface area contributed by atoms with Crippen LogP contribution in [0.1, 0.15) is 0 Å². The van der Waals surface area contributed by atoms with Gasteiger partial charge in [0.25, 0.3) is 0 Å². The first-order chi connectivity index (χ1) is 4.47. The van der Waals surface area contributed by atoms with Crippen LogP contribution in [0, 0.1) is 0 Å².